The third-order valence-electron chi connectivity index (χ3n) is 5.23. The summed E-state index contributed by atoms with van der Waals surface area (Å²) in [5, 5.41) is 4.42. The minimum Gasteiger partial charge on any atom is -0.484 e. The Labute approximate surface area is 153 Å². The maximum absolute atomic E-state index is 12.6. The van der Waals surface area contributed by atoms with E-state index in [1.54, 1.807) is 6.20 Å². The standard InChI is InChI=1S/C20H25N3O3/c24-20(15-26-19-7-2-1-3-8-19)22-11-17-9-10-21-23(17)18(12-22)14-25-13-16-5-4-6-16/h1-3,7-10,16,18H,4-6,11-15H2. The summed E-state index contributed by atoms with van der Waals surface area (Å²) < 4.78 is 13.5. The van der Waals surface area contributed by atoms with E-state index in [-0.39, 0.29) is 18.6 Å². The lowest BCUT2D eigenvalue weighted by atomic mass is 9.86. The molecule has 1 saturated carbocycles. The van der Waals surface area contributed by atoms with Gasteiger partial charge in [0, 0.05) is 19.3 Å². The highest BCUT2D eigenvalue weighted by Gasteiger charge is 2.29. The van der Waals surface area contributed by atoms with Gasteiger partial charge in [-0.2, -0.15) is 5.10 Å². The van der Waals surface area contributed by atoms with Crippen LogP contribution in [0.15, 0.2) is 42.6 Å². The number of carbonyl (C=O) groups is 1. The first-order valence-electron chi connectivity index (χ1n) is 9.35. The monoisotopic (exact) mass is 355 g/mol. The molecule has 1 atom stereocenters. The van der Waals surface area contributed by atoms with Crippen LogP contribution < -0.4 is 4.74 Å². The zero-order valence-electron chi connectivity index (χ0n) is 14.9. The van der Waals surface area contributed by atoms with Crippen LogP contribution in [-0.4, -0.2) is 47.0 Å². The Morgan fingerprint density at radius 1 is 1.15 bits per heavy atom. The molecule has 1 aromatic carbocycles. The third kappa shape index (κ3) is 3.90. The fourth-order valence-corrected chi connectivity index (χ4v) is 3.48. The number of amides is 1. The Kier molecular flexibility index (Phi) is 5.20. The van der Waals surface area contributed by atoms with Gasteiger partial charge in [0.15, 0.2) is 6.61 Å². The lowest BCUT2D eigenvalue weighted by Crippen LogP contribution is -2.44. The molecule has 1 amide bonds. The molecular formula is C20H25N3O3. The van der Waals surface area contributed by atoms with Crippen LogP contribution >= 0.6 is 0 Å². The molecule has 6 nitrogen and oxygen atoms in total. The summed E-state index contributed by atoms with van der Waals surface area (Å²) in [6.07, 6.45) is 5.67. The Morgan fingerprint density at radius 3 is 2.77 bits per heavy atom. The van der Waals surface area contributed by atoms with Gasteiger partial charge in [0.2, 0.25) is 0 Å². The van der Waals surface area contributed by atoms with Gasteiger partial charge in [-0.15, -0.1) is 0 Å². The van der Waals surface area contributed by atoms with E-state index >= 15 is 0 Å². The highest BCUT2D eigenvalue weighted by atomic mass is 16.5. The number of hydrogen-bond acceptors (Lipinski definition) is 4. The molecule has 1 unspecified atom stereocenters. The fraction of sp³-hybridized carbons (Fsp3) is 0.500. The first-order valence-corrected chi connectivity index (χ1v) is 9.35. The molecule has 4 rings (SSSR count). The molecule has 138 valence electrons. The smallest absolute Gasteiger partial charge is 0.260 e. The molecule has 2 heterocycles. The number of aromatic nitrogens is 2. The van der Waals surface area contributed by atoms with Crippen molar-refractivity contribution in [2.75, 3.05) is 26.4 Å². The van der Waals surface area contributed by atoms with E-state index in [1.165, 1.54) is 19.3 Å². The van der Waals surface area contributed by atoms with Crippen molar-refractivity contribution in [1.82, 2.24) is 14.7 Å². The Hall–Kier alpha value is -2.34. The molecule has 1 aliphatic carbocycles. The van der Waals surface area contributed by atoms with Crippen molar-refractivity contribution in [2.45, 2.75) is 31.8 Å². The third-order valence-corrected chi connectivity index (χ3v) is 5.23. The molecule has 1 aliphatic heterocycles. The molecule has 6 heteroatoms. The summed E-state index contributed by atoms with van der Waals surface area (Å²) in [6, 6.07) is 11.5. The van der Waals surface area contributed by atoms with E-state index < -0.39 is 0 Å². The van der Waals surface area contributed by atoms with Crippen LogP contribution in [0.2, 0.25) is 0 Å². The van der Waals surface area contributed by atoms with Gasteiger partial charge in [0.05, 0.1) is 24.9 Å². The van der Waals surface area contributed by atoms with Crippen LogP contribution in [0.3, 0.4) is 0 Å². The Balaban J connectivity index is 1.34. The van der Waals surface area contributed by atoms with Gasteiger partial charge in [0.25, 0.3) is 5.91 Å². The molecule has 0 spiro atoms. The Morgan fingerprint density at radius 2 is 2.00 bits per heavy atom. The predicted molar refractivity (Wildman–Crippen MR) is 96.8 cm³/mol. The predicted octanol–water partition coefficient (Wildman–Crippen LogP) is 2.66. The van der Waals surface area contributed by atoms with E-state index in [0.717, 1.165) is 12.3 Å². The SMILES string of the molecule is O=C(COc1ccccc1)N1Cc2ccnn2C(COCC2CCC2)C1. The fourth-order valence-electron chi connectivity index (χ4n) is 3.48. The molecule has 0 N–H and O–H groups in total. The molecule has 2 aliphatic rings. The quantitative estimate of drug-likeness (QED) is 0.766. The lowest BCUT2D eigenvalue weighted by Gasteiger charge is -2.34. The lowest BCUT2D eigenvalue weighted by molar-refractivity contribution is -0.136. The molecule has 0 radical (unpaired) electrons. The number of para-hydroxylation sites is 1. The molecule has 1 aromatic heterocycles. The number of fused-ring (bicyclic) bond motifs is 1. The number of carbonyl (C=O) groups excluding carboxylic acids is 1. The van der Waals surface area contributed by atoms with Gasteiger partial charge in [0.1, 0.15) is 5.75 Å². The topological polar surface area (TPSA) is 56.6 Å². The highest BCUT2D eigenvalue weighted by molar-refractivity contribution is 5.78. The molecule has 0 bridgehead atoms. The van der Waals surface area contributed by atoms with E-state index in [4.69, 9.17) is 9.47 Å². The van der Waals surface area contributed by atoms with Gasteiger partial charge < -0.3 is 14.4 Å². The van der Waals surface area contributed by atoms with Crippen molar-refractivity contribution in [3.8, 4) is 5.75 Å². The molecule has 2 aromatic rings. The molecule has 26 heavy (non-hydrogen) atoms. The van der Waals surface area contributed by atoms with Gasteiger partial charge in [-0.25, -0.2) is 0 Å². The second-order valence-electron chi connectivity index (χ2n) is 7.13. The van der Waals surface area contributed by atoms with Crippen molar-refractivity contribution >= 4 is 5.91 Å². The maximum atomic E-state index is 12.6. The summed E-state index contributed by atoms with van der Waals surface area (Å²) in [6.45, 7) is 2.63. The zero-order valence-corrected chi connectivity index (χ0v) is 14.9. The number of rotatable bonds is 7. The summed E-state index contributed by atoms with van der Waals surface area (Å²) in [5.74, 6) is 1.42. The second-order valence-corrected chi connectivity index (χ2v) is 7.13. The average molecular weight is 355 g/mol. The summed E-state index contributed by atoms with van der Waals surface area (Å²) >= 11 is 0. The molecule has 1 fully saturated rings. The van der Waals surface area contributed by atoms with Crippen molar-refractivity contribution in [2.24, 2.45) is 5.92 Å². The first kappa shape index (κ1) is 17.1. The van der Waals surface area contributed by atoms with Crippen LogP contribution in [-0.2, 0) is 16.1 Å². The zero-order chi connectivity index (χ0) is 17.8. The van der Waals surface area contributed by atoms with Gasteiger partial charge in [-0.05, 0) is 37.0 Å². The van der Waals surface area contributed by atoms with Crippen LogP contribution in [0.5, 0.6) is 5.75 Å². The number of ether oxygens (including phenoxy) is 2. The Bertz CT molecular complexity index is 727. The van der Waals surface area contributed by atoms with Gasteiger partial charge >= 0.3 is 0 Å². The maximum Gasteiger partial charge on any atom is 0.260 e. The van der Waals surface area contributed by atoms with Gasteiger partial charge in [-0.3, -0.25) is 9.48 Å². The van der Waals surface area contributed by atoms with Crippen LogP contribution in [0.1, 0.15) is 31.0 Å². The minimum absolute atomic E-state index is 0.00899. The summed E-state index contributed by atoms with van der Waals surface area (Å²) in [5.41, 5.74) is 1.04. The minimum atomic E-state index is -0.00899. The van der Waals surface area contributed by atoms with E-state index in [2.05, 4.69) is 5.10 Å². The van der Waals surface area contributed by atoms with E-state index in [9.17, 15) is 4.79 Å². The number of hydrogen-bond donors (Lipinski definition) is 0. The van der Waals surface area contributed by atoms with Crippen LogP contribution in [0.25, 0.3) is 0 Å². The van der Waals surface area contributed by atoms with E-state index in [0.29, 0.717) is 31.4 Å². The second kappa shape index (κ2) is 7.91. The van der Waals surface area contributed by atoms with Crippen molar-refractivity contribution in [1.29, 1.82) is 0 Å². The largest absolute Gasteiger partial charge is 0.484 e. The van der Waals surface area contributed by atoms with Crippen molar-refractivity contribution in [3.05, 3.63) is 48.3 Å². The van der Waals surface area contributed by atoms with Gasteiger partial charge in [-0.1, -0.05) is 24.6 Å². The highest BCUT2D eigenvalue weighted by Crippen LogP contribution is 2.27. The average Bonchev–Trinajstić information content (AvgIpc) is 3.11. The normalized spacial score (nSPS) is 19.7. The summed E-state index contributed by atoms with van der Waals surface area (Å²) in [4.78, 5) is 14.5. The summed E-state index contributed by atoms with van der Waals surface area (Å²) in [7, 11) is 0. The van der Waals surface area contributed by atoms with E-state index in [1.807, 2.05) is 46.0 Å². The number of nitrogens with zero attached hydrogens (tertiary/aromatic N) is 3. The molecular weight excluding hydrogens is 330 g/mol. The first-order chi connectivity index (χ1) is 12.8. The van der Waals surface area contributed by atoms with Crippen LogP contribution in [0.4, 0.5) is 0 Å². The molecule has 0 saturated heterocycles. The van der Waals surface area contributed by atoms with Crippen LogP contribution in [0, 0.1) is 5.92 Å². The number of benzene rings is 1. The van der Waals surface area contributed by atoms with Crippen molar-refractivity contribution in [3.63, 3.8) is 0 Å². The van der Waals surface area contributed by atoms with Crippen molar-refractivity contribution < 1.29 is 14.3 Å².